The van der Waals surface area contributed by atoms with Gasteiger partial charge < -0.3 is 15.2 Å². The van der Waals surface area contributed by atoms with Crippen LogP contribution in [0.3, 0.4) is 0 Å². The highest BCUT2D eigenvalue weighted by atomic mass is 32.2. The van der Waals surface area contributed by atoms with Gasteiger partial charge in [-0.15, -0.1) is 0 Å². The number of benzene rings is 4. The lowest BCUT2D eigenvalue weighted by molar-refractivity contribution is 0.0696. The fourth-order valence-corrected chi connectivity index (χ4v) is 4.29. The number of ether oxygens (including phenoxy) is 1. The van der Waals surface area contributed by atoms with Crippen LogP contribution in [0.1, 0.15) is 20.7 Å². The summed E-state index contributed by atoms with van der Waals surface area (Å²) in [7, 11) is -4.01. The van der Waals surface area contributed by atoms with Gasteiger partial charge in [-0.3, -0.25) is 9.52 Å². The van der Waals surface area contributed by atoms with E-state index in [2.05, 4.69) is 10.0 Å². The Labute approximate surface area is 201 Å². The van der Waals surface area contributed by atoms with Crippen LogP contribution < -0.4 is 14.8 Å². The van der Waals surface area contributed by atoms with Gasteiger partial charge in [-0.05, 0) is 60.7 Å². The molecule has 0 unspecified atom stereocenters. The number of carboxylic acid groups (broad SMARTS) is 1. The Bertz CT molecular complexity index is 1490. The lowest BCUT2D eigenvalue weighted by atomic mass is 10.2. The second-order valence-electron chi connectivity index (χ2n) is 7.42. The first-order valence-corrected chi connectivity index (χ1v) is 11.9. The highest BCUT2D eigenvalue weighted by Crippen LogP contribution is 2.25. The van der Waals surface area contributed by atoms with Crippen LogP contribution in [0.25, 0.3) is 0 Å². The summed E-state index contributed by atoms with van der Waals surface area (Å²) in [5.41, 5.74) is 0.673. The first-order valence-electron chi connectivity index (χ1n) is 10.4. The number of carbonyl (C=O) groups is 2. The SMILES string of the molecule is O=C(O)c1cccc(NC(=O)c2cccc(S(=O)(=O)Nc3cccc(Oc4ccccc4)c3)c2)c1. The highest BCUT2D eigenvalue weighted by Gasteiger charge is 2.17. The van der Waals surface area contributed by atoms with Crippen molar-refractivity contribution in [3.63, 3.8) is 0 Å². The van der Waals surface area contributed by atoms with Gasteiger partial charge in [-0.1, -0.05) is 36.4 Å². The van der Waals surface area contributed by atoms with Crippen molar-refractivity contribution in [1.29, 1.82) is 0 Å². The Kier molecular flexibility index (Phi) is 6.79. The van der Waals surface area contributed by atoms with Crippen molar-refractivity contribution in [3.8, 4) is 11.5 Å². The van der Waals surface area contributed by atoms with Crippen LogP contribution in [0.15, 0.2) is 108 Å². The van der Waals surface area contributed by atoms with Gasteiger partial charge in [0.15, 0.2) is 0 Å². The second-order valence-corrected chi connectivity index (χ2v) is 9.10. The lowest BCUT2D eigenvalue weighted by Gasteiger charge is -2.11. The Morgan fingerprint density at radius 1 is 0.686 bits per heavy atom. The van der Waals surface area contributed by atoms with Crippen molar-refractivity contribution in [3.05, 3.63) is 114 Å². The fraction of sp³-hybridized carbons (Fsp3) is 0. The molecule has 0 aliphatic rings. The van der Waals surface area contributed by atoms with E-state index < -0.39 is 21.9 Å². The van der Waals surface area contributed by atoms with Crippen LogP contribution in [0, 0.1) is 0 Å². The zero-order valence-electron chi connectivity index (χ0n) is 18.2. The smallest absolute Gasteiger partial charge is 0.335 e. The van der Waals surface area contributed by atoms with Gasteiger partial charge in [0.1, 0.15) is 11.5 Å². The number of aromatic carboxylic acids is 1. The van der Waals surface area contributed by atoms with E-state index in [-0.39, 0.29) is 21.7 Å². The number of amides is 1. The van der Waals surface area contributed by atoms with Crippen LogP contribution in [0.2, 0.25) is 0 Å². The predicted molar refractivity (Wildman–Crippen MR) is 132 cm³/mol. The Balaban J connectivity index is 1.50. The number of carbonyl (C=O) groups excluding carboxylic acids is 1. The summed E-state index contributed by atoms with van der Waals surface area (Å²) < 4.78 is 34.2. The number of rotatable bonds is 8. The Hall–Kier alpha value is -4.63. The van der Waals surface area contributed by atoms with Gasteiger partial charge in [0.05, 0.1) is 16.1 Å². The molecule has 0 fully saturated rings. The molecule has 1 amide bonds. The summed E-state index contributed by atoms with van der Waals surface area (Å²) in [5.74, 6) is -0.644. The molecule has 0 spiro atoms. The number of carboxylic acids is 1. The molecule has 0 radical (unpaired) electrons. The van der Waals surface area contributed by atoms with E-state index in [1.54, 1.807) is 36.4 Å². The third kappa shape index (κ3) is 6.04. The van der Waals surface area contributed by atoms with Crippen LogP contribution >= 0.6 is 0 Å². The average Bonchev–Trinajstić information content (AvgIpc) is 2.85. The number of sulfonamides is 1. The quantitative estimate of drug-likeness (QED) is 0.312. The van der Waals surface area contributed by atoms with E-state index in [4.69, 9.17) is 9.84 Å². The fourth-order valence-electron chi connectivity index (χ4n) is 3.20. The third-order valence-electron chi connectivity index (χ3n) is 4.84. The van der Waals surface area contributed by atoms with Crippen LogP contribution in [-0.4, -0.2) is 25.4 Å². The molecule has 0 aliphatic heterocycles. The molecule has 0 aromatic heterocycles. The topological polar surface area (TPSA) is 122 Å². The number of nitrogens with one attached hydrogen (secondary N) is 2. The molecule has 4 rings (SSSR count). The lowest BCUT2D eigenvalue weighted by Crippen LogP contribution is -2.16. The van der Waals surface area contributed by atoms with Gasteiger partial charge in [0, 0.05) is 17.3 Å². The van der Waals surface area contributed by atoms with Gasteiger partial charge in [-0.25, -0.2) is 13.2 Å². The second kappa shape index (κ2) is 10.1. The van der Waals surface area contributed by atoms with E-state index in [0.717, 1.165) is 0 Å². The zero-order valence-corrected chi connectivity index (χ0v) is 19.0. The number of para-hydroxylation sites is 1. The molecule has 0 aliphatic carbocycles. The summed E-state index contributed by atoms with van der Waals surface area (Å²) in [6.45, 7) is 0. The zero-order chi connectivity index (χ0) is 24.8. The molecule has 0 atom stereocenters. The van der Waals surface area contributed by atoms with Crippen molar-refractivity contribution in [2.75, 3.05) is 10.0 Å². The van der Waals surface area contributed by atoms with Crippen molar-refractivity contribution in [2.45, 2.75) is 4.90 Å². The third-order valence-corrected chi connectivity index (χ3v) is 6.22. The number of hydrogen-bond acceptors (Lipinski definition) is 5. The largest absolute Gasteiger partial charge is 0.478 e. The van der Waals surface area contributed by atoms with Crippen molar-refractivity contribution in [1.82, 2.24) is 0 Å². The molecule has 0 saturated carbocycles. The van der Waals surface area contributed by atoms with E-state index in [9.17, 15) is 18.0 Å². The maximum atomic E-state index is 13.0. The first-order chi connectivity index (χ1) is 16.8. The van der Waals surface area contributed by atoms with E-state index in [1.165, 1.54) is 48.5 Å². The normalized spacial score (nSPS) is 10.9. The van der Waals surface area contributed by atoms with E-state index in [1.807, 2.05) is 18.2 Å². The molecule has 4 aromatic rings. The predicted octanol–water partition coefficient (Wildman–Crippen LogP) is 5.23. The summed E-state index contributed by atoms with van der Waals surface area (Å²) in [5, 5.41) is 11.7. The van der Waals surface area contributed by atoms with Crippen molar-refractivity contribution >= 4 is 33.3 Å². The monoisotopic (exact) mass is 488 g/mol. The van der Waals surface area contributed by atoms with Crippen LogP contribution in [0.4, 0.5) is 11.4 Å². The van der Waals surface area contributed by atoms with Gasteiger partial charge in [-0.2, -0.15) is 0 Å². The molecule has 0 heterocycles. The number of anilines is 2. The Morgan fingerprint density at radius 3 is 2.11 bits per heavy atom. The summed E-state index contributed by atoms with van der Waals surface area (Å²) >= 11 is 0. The van der Waals surface area contributed by atoms with Crippen molar-refractivity contribution < 1.29 is 27.9 Å². The standard InChI is InChI=1S/C26H20N2O6S/c29-25(27-20-9-4-8-19(15-20)26(30)31)18-7-5-14-24(16-18)35(32,33)28-21-10-6-13-23(17-21)34-22-11-2-1-3-12-22/h1-17,28H,(H,27,29)(H,30,31). The minimum Gasteiger partial charge on any atom is -0.478 e. The molecule has 9 heteroatoms. The summed E-state index contributed by atoms with van der Waals surface area (Å²) in [4.78, 5) is 23.7. The van der Waals surface area contributed by atoms with Crippen LogP contribution in [-0.2, 0) is 10.0 Å². The van der Waals surface area contributed by atoms with E-state index in [0.29, 0.717) is 17.2 Å². The van der Waals surface area contributed by atoms with Gasteiger partial charge >= 0.3 is 5.97 Å². The Morgan fingerprint density at radius 2 is 1.34 bits per heavy atom. The summed E-state index contributed by atoms with van der Waals surface area (Å²) in [6, 6.07) is 26.9. The molecular weight excluding hydrogens is 468 g/mol. The molecular formula is C26H20N2O6S. The van der Waals surface area contributed by atoms with Gasteiger partial charge in [0.2, 0.25) is 0 Å². The highest BCUT2D eigenvalue weighted by molar-refractivity contribution is 7.92. The van der Waals surface area contributed by atoms with Crippen LogP contribution in [0.5, 0.6) is 11.5 Å². The molecule has 3 N–H and O–H groups in total. The summed E-state index contributed by atoms with van der Waals surface area (Å²) in [6.07, 6.45) is 0. The maximum absolute atomic E-state index is 13.0. The van der Waals surface area contributed by atoms with Gasteiger partial charge in [0.25, 0.3) is 15.9 Å². The molecule has 0 saturated heterocycles. The minimum atomic E-state index is -4.01. The van der Waals surface area contributed by atoms with Crippen molar-refractivity contribution in [2.24, 2.45) is 0 Å². The van der Waals surface area contributed by atoms with E-state index >= 15 is 0 Å². The average molecular weight is 489 g/mol. The molecule has 4 aromatic carbocycles. The molecule has 35 heavy (non-hydrogen) atoms. The number of hydrogen-bond donors (Lipinski definition) is 3. The molecule has 0 bridgehead atoms. The maximum Gasteiger partial charge on any atom is 0.335 e. The molecule has 8 nitrogen and oxygen atoms in total. The molecule has 176 valence electrons. The minimum absolute atomic E-state index is 0.0156. The first kappa shape index (κ1) is 23.5.